The fraction of sp³-hybridized carbons (Fsp3) is 0.875. The Bertz CT molecular complexity index is 713. The first kappa shape index (κ1) is 38.5. The van der Waals surface area contributed by atoms with Gasteiger partial charge in [0.25, 0.3) is 0 Å². The van der Waals surface area contributed by atoms with E-state index in [9.17, 15) is 30.0 Å². The molecule has 1 aliphatic heterocycles. The van der Waals surface area contributed by atoms with Crippen LogP contribution in [-0.2, 0) is 28.5 Å². The molecule has 0 radical (unpaired) electrons. The van der Waals surface area contributed by atoms with Crippen molar-refractivity contribution in [1.82, 2.24) is 0 Å². The summed E-state index contributed by atoms with van der Waals surface area (Å²) in [6.45, 7) is 3.13. The van der Waals surface area contributed by atoms with E-state index in [4.69, 9.17) is 18.9 Å². The number of ether oxygens (including phenoxy) is 4. The van der Waals surface area contributed by atoms with Crippen molar-refractivity contribution in [2.24, 2.45) is 0 Å². The SMILES string of the molecule is CCC=CCCC(=O)OC[C@H](COC1OC(CO)C(O)C(O)C1O)OC(=O)CCCCCCCCCCCCCCC. The molecule has 0 aromatic heterocycles. The average molecular weight is 603 g/mol. The van der Waals surface area contributed by atoms with E-state index in [1.165, 1.54) is 57.8 Å². The third-order valence-electron chi connectivity index (χ3n) is 7.43. The van der Waals surface area contributed by atoms with Crippen molar-refractivity contribution in [3.05, 3.63) is 12.2 Å². The molecule has 1 fully saturated rings. The number of unbranched alkanes of at least 4 members (excludes halogenated alkanes) is 12. The van der Waals surface area contributed by atoms with E-state index in [1.807, 2.05) is 19.1 Å². The first-order valence-electron chi connectivity index (χ1n) is 16.3. The van der Waals surface area contributed by atoms with Crippen molar-refractivity contribution in [2.45, 2.75) is 160 Å². The van der Waals surface area contributed by atoms with Crippen molar-refractivity contribution in [3.63, 3.8) is 0 Å². The van der Waals surface area contributed by atoms with Gasteiger partial charge >= 0.3 is 11.9 Å². The van der Waals surface area contributed by atoms with Crippen LogP contribution in [0.2, 0.25) is 0 Å². The molecular formula is C32H58O10. The molecule has 0 bridgehead atoms. The van der Waals surface area contributed by atoms with Crippen molar-refractivity contribution in [1.29, 1.82) is 0 Å². The molecule has 0 aromatic carbocycles. The third kappa shape index (κ3) is 17.5. The topological polar surface area (TPSA) is 152 Å². The lowest BCUT2D eigenvalue weighted by atomic mass is 9.99. The van der Waals surface area contributed by atoms with Gasteiger partial charge in [-0.1, -0.05) is 103 Å². The highest BCUT2D eigenvalue weighted by Gasteiger charge is 2.44. The molecule has 0 spiro atoms. The number of aliphatic hydroxyl groups is 4. The molecule has 1 aliphatic rings. The van der Waals surface area contributed by atoms with Crippen LogP contribution in [0.5, 0.6) is 0 Å². The Kier molecular flexibility index (Phi) is 22.7. The minimum atomic E-state index is -1.59. The minimum absolute atomic E-state index is 0.184. The molecule has 5 unspecified atom stereocenters. The Hall–Kier alpha value is -1.56. The van der Waals surface area contributed by atoms with Gasteiger partial charge in [-0.3, -0.25) is 9.59 Å². The molecule has 1 saturated heterocycles. The van der Waals surface area contributed by atoms with E-state index in [-0.39, 0.29) is 26.1 Å². The van der Waals surface area contributed by atoms with E-state index >= 15 is 0 Å². The smallest absolute Gasteiger partial charge is 0.306 e. The van der Waals surface area contributed by atoms with E-state index < -0.39 is 55.4 Å². The lowest BCUT2D eigenvalue weighted by Gasteiger charge is -2.39. The average Bonchev–Trinajstić information content (AvgIpc) is 2.98. The van der Waals surface area contributed by atoms with Gasteiger partial charge in [-0.05, 0) is 19.3 Å². The standard InChI is InChI=1S/C32H58O10/c1-3-5-7-9-10-11-12-13-14-15-16-17-19-21-28(35)41-25(23-39-27(34)20-18-8-6-4-2)24-40-32-31(38)30(37)29(36)26(22-33)42-32/h6,8,25-26,29-33,36-38H,3-5,7,9-24H2,1-2H3/t25-,26?,29?,30?,31?,32?/m1/s1. The summed E-state index contributed by atoms with van der Waals surface area (Å²) < 4.78 is 21.7. The fourth-order valence-electron chi connectivity index (χ4n) is 4.80. The summed E-state index contributed by atoms with van der Waals surface area (Å²) in [6, 6.07) is 0. The number of hydrogen-bond acceptors (Lipinski definition) is 10. The van der Waals surface area contributed by atoms with Gasteiger partial charge in [-0.15, -0.1) is 0 Å². The van der Waals surface area contributed by atoms with E-state index in [0.29, 0.717) is 12.8 Å². The summed E-state index contributed by atoms with van der Waals surface area (Å²) in [7, 11) is 0. The van der Waals surface area contributed by atoms with Crippen molar-refractivity contribution in [3.8, 4) is 0 Å². The van der Waals surface area contributed by atoms with Crippen molar-refractivity contribution < 1.29 is 49.0 Å². The van der Waals surface area contributed by atoms with E-state index in [1.54, 1.807) is 0 Å². The van der Waals surface area contributed by atoms with Gasteiger partial charge in [0.1, 0.15) is 31.0 Å². The van der Waals surface area contributed by atoms with Crippen LogP contribution in [0.15, 0.2) is 12.2 Å². The van der Waals surface area contributed by atoms with Gasteiger partial charge < -0.3 is 39.4 Å². The van der Waals surface area contributed by atoms with E-state index in [2.05, 4.69) is 6.92 Å². The Labute approximate surface area is 252 Å². The molecule has 10 heteroatoms. The zero-order chi connectivity index (χ0) is 31.0. The largest absolute Gasteiger partial charge is 0.462 e. The van der Waals surface area contributed by atoms with Crippen LogP contribution in [0.1, 0.15) is 123 Å². The number of esters is 2. The summed E-state index contributed by atoms with van der Waals surface area (Å²) >= 11 is 0. The second-order valence-corrected chi connectivity index (χ2v) is 11.2. The zero-order valence-corrected chi connectivity index (χ0v) is 26.0. The van der Waals surface area contributed by atoms with Crippen LogP contribution in [0.4, 0.5) is 0 Å². The Morgan fingerprint density at radius 3 is 1.90 bits per heavy atom. The van der Waals surface area contributed by atoms with Gasteiger partial charge in [0.15, 0.2) is 12.4 Å². The molecular weight excluding hydrogens is 544 g/mol. The van der Waals surface area contributed by atoms with Crippen LogP contribution in [0.3, 0.4) is 0 Å². The van der Waals surface area contributed by atoms with Crippen LogP contribution >= 0.6 is 0 Å². The normalized spacial score (nSPS) is 23.2. The summed E-state index contributed by atoms with van der Waals surface area (Å²) in [6.07, 6.45) is 13.2. The number of allylic oxidation sites excluding steroid dienone is 2. The van der Waals surface area contributed by atoms with Crippen LogP contribution in [-0.4, -0.2) is 89.0 Å². The molecule has 42 heavy (non-hydrogen) atoms. The predicted octanol–water partition coefficient (Wildman–Crippen LogP) is 4.49. The first-order valence-corrected chi connectivity index (χ1v) is 16.3. The van der Waals surface area contributed by atoms with Crippen molar-refractivity contribution >= 4 is 11.9 Å². The molecule has 1 heterocycles. The molecule has 10 nitrogen and oxygen atoms in total. The monoisotopic (exact) mass is 602 g/mol. The van der Waals surface area contributed by atoms with Gasteiger partial charge in [-0.2, -0.15) is 0 Å². The fourth-order valence-corrected chi connectivity index (χ4v) is 4.80. The number of hydrogen-bond donors (Lipinski definition) is 4. The Morgan fingerprint density at radius 1 is 0.738 bits per heavy atom. The van der Waals surface area contributed by atoms with Gasteiger partial charge in [0, 0.05) is 12.8 Å². The third-order valence-corrected chi connectivity index (χ3v) is 7.43. The maximum Gasteiger partial charge on any atom is 0.306 e. The zero-order valence-electron chi connectivity index (χ0n) is 26.0. The number of rotatable bonds is 25. The molecule has 0 aromatic rings. The summed E-state index contributed by atoms with van der Waals surface area (Å²) in [5.74, 6) is -0.886. The molecule has 0 saturated carbocycles. The van der Waals surface area contributed by atoms with Crippen LogP contribution in [0, 0.1) is 0 Å². The van der Waals surface area contributed by atoms with E-state index in [0.717, 1.165) is 25.7 Å². The maximum absolute atomic E-state index is 12.5. The number of aliphatic hydroxyl groups excluding tert-OH is 4. The van der Waals surface area contributed by atoms with Crippen LogP contribution in [0.25, 0.3) is 0 Å². The van der Waals surface area contributed by atoms with Gasteiger partial charge in [0.2, 0.25) is 0 Å². The highest BCUT2D eigenvalue weighted by atomic mass is 16.7. The minimum Gasteiger partial charge on any atom is -0.462 e. The lowest BCUT2D eigenvalue weighted by Crippen LogP contribution is -2.59. The quantitative estimate of drug-likeness (QED) is 0.0668. The highest BCUT2D eigenvalue weighted by Crippen LogP contribution is 2.22. The summed E-state index contributed by atoms with van der Waals surface area (Å²) in [4.78, 5) is 24.7. The number of carbonyl (C=O) groups excluding carboxylic acids is 2. The molecule has 4 N–H and O–H groups in total. The maximum atomic E-state index is 12.5. The van der Waals surface area contributed by atoms with Crippen molar-refractivity contribution in [2.75, 3.05) is 19.8 Å². The molecule has 6 atom stereocenters. The lowest BCUT2D eigenvalue weighted by molar-refractivity contribution is -0.305. The predicted molar refractivity (Wildman–Crippen MR) is 160 cm³/mol. The molecule has 0 aliphatic carbocycles. The first-order chi connectivity index (χ1) is 20.3. The molecule has 246 valence electrons. The Balaban J connectivity index is 2.41. The molecule has 1 rings (SSSR count). The summed E-state index contributed by atoms with van der Waals surface area (Å²) in [5, 5.41) is 39.6. The van der Waals surface area contributed by atoms with Crippen LogP contribution < -0.4 is 0 Å². The number of carbonyl (C=O) groups is 2. The molecule has 0 amide bonds. The van der Waals surface area contributed by atoms with Gasteiger partial charge in [0.05, 0.1) is 13.2 Å². The second kappa shape index (κ2) is 24.8. The summed E-state index contributed by atoms with van der Waals surface area (Å²) in [5.41, 5.74) is 0. The Morgan fingerprint density at radius 2 is 1.33 bits per heavy atom. The van der Waals surface area contributed by atoms with Gasteiger partial charge in [-0.25, -0.2) is 0 Å². The highest BCUT2D eigenvalue weighted by molar-refractivity contribution is 5.70. The second-order valence-electron chi connectivity index (χ2n) is 11.2.